The average Bonchev–Trinajstić information content (AvgIpc) is 3.06. The van der Waals surface area contributed by atoms with Gasteiger partial charge in [-0.2, -0.15) is 10.4 Å². The van der Waals surface area contributed by atoms with Gasteiger partial charge in [0.15, 0.2) is 5.82 Å². The molecule has 0 N–H and O–H groups in total. The molecule has 1 atom stereocenters. The molecule has 0 bridgehead atoms. The zero-order valence-electron chi connectivity index (χ0n) is 13.8. The van der Waals surface area contributed by atoms with E-state index in [9.17, 15) is 5.26 Å². The second-order valence-corrected chi connectivity index (χ2v) is 5.98. The highest BCUT2D eigenvalue weighted by Crippen LogP contribution is 2.30. The van der Waals surface area contributed by atoms with Gasteiger partial charge in [0.25, 0.3) is 0 Å². The van der Waals surface area contributed by atoms with E-state index < -0.39 is 0 Å². The Balaban J connectivity index is 1.91. The summed E-state index contributed by atoms with van der Waals surface area (Å²) in [6.45, 7) is 8.46. The molecule has 1 saturated heterocycles. The van der Waals surface area contributed by atoms with Gasteiger partial charge in [-0.25, -0.2) is 0 Å². The summed E-state index contributed by atoms with van der Waals surface area (Å²) in [7, 11) is 0. The van der Waals surface area contributed by atoms with Crippen LogP contribution < -0.4 is 4.90 Å². The molecule has 1 aliphatic heterocycles. The van der Waals surface area contributed by atoms with E-state index >= 15 is 0 Å². The second kappa shape index (κ2) is 6.32. The van der Waals surface area contributed by atoms with Gasteiger partial charge in [0.2, 0.25) is 0 Å². The Kier molecular flexibility index (Phi) is 4.24. The molecule has 0 aromatic carbocycles. The summed E-state index contributed by atoms with van der Waals surface area (Å²) >= 11 is 0. The minimum Gasteiger partial charge on any atom is -0.353 e. The largest absolute Gasteiger partial charge is 0.353 e. The Labute approximate surface area is 136 Å². The fourth-order valence-corrected chi connectivity index (χ4v) is 3.16. The molecule has 1 fully saturated rings. The van der Waals surface area contributed by atoms with Gasteiger partial charge in [0.1, 0.15) is 23.8 Å². The maximum absolute atomic E-state index is 9.52. The van der Waals surface area contributed by atoms with E-state index in [1.807, 2.05) is 13.8 Å². The van der Waals surface area contributed by atoms with Crippen LogP contribution >= 0.6 is 0 Å². The van der Waals surface area contributed by atoms with Crippen LogP contribution in [0.25, 0.3) is 0 Å². The summed E-state index contributed by atoms with van der Waals surface area (Å²) in [6.07, 6.45) is 3.90. The van der Waals surface area contributed by atoms with Crippen LogP contribution in [0.2, 0.25) is 0 Å². The highest BCUT2D eigenvalue weighted by Gasteiger charge is 2.28. The van der Waals surface area contributed by atoms with Gasteiger partial charge in [-0.05, 0) is 39.2 Å². The van der Waals surface area contributed by atoms with Gasteiger partial charge in [-0.15, -0.1) is 15.3 Å². The monoisotopic (exact) mass is 311 g/mol. The highest BCUT2D eigenvalue weighted by molar-refractivity contribution is 5.57. The normalized spacial score (nSPS) is 18.0. The van der Waals surface area contributed by atoms with Crippen molar-refractivity contribution in [2.24, 2.45) is 0 Å². The topological polar surface area (TPSA) is 83.5 Å². The number of hydrogen-bond acceptors (Lipinski definition) is 6. The molecule has 7 heteroatoms. The summed E-state index contributed by atoms with van der Waals surface area (Å²) in [5.41, 5.74) is 2.36. The molecule has 0 aliphatic carbocycles. The second-order valence-electron chi connectivity index (χ2n) is 5.98. The van der Waals surface area contributed by atoms with Crippen LogP contribution in [-0.4, -0.2) is 38.1 Å². The van der Waals surface area contributed by atoms with Crippen molar-refractivity contribution in [1.82, 2.24) is 25.0 Å². The quantitative estimate of drug-likeness (QED) is 0.861. The molecule has 1 unspecified atom stereocenters. The van der Waals surface area contributed by atoms with Gasteiger partial charge in [0, 0.05) is 25.6 Å². The summed E-state index contributed by atoms with van der Waals surface area (Å²) < 4.78 is 2.09. The van der Waals surface area contributed by atoms with E-state index in [0.29, 0.717) is 17.3 Å². The molecule has 0 saturated carbocycles. The first kappa shape index (κ1) is 15.4. The van der Waals surface area contributed by atoms with Crippen LogP contribution in [0.1, 0.15) is 48.3 Å². The minimum absolute atomic E-state index is 0.307. The third-order valence-corrected chi connectivity index (χ3v) is 4.62. The summed E-state index contributed by atoms with van der Waals surface area (Å²) in [4.78, 5) is 2.17. The molecular formula is C16H21N7. The van der Waals surface area contributed by atoms with Crippen LogP contribution in [0.4, 0.5) is 5.82 Å². The Morgan fingerprint density at radius 3 is 2.87 bits per heavy atom. The Morgan fingerprint density at radius 2 is 2.13 bits per heavy atom. The minimum atomic E-state index is 0.307. The van der Waals surface area contributed by atoms with Crippen LogP contribution in [0.3, 0.4) is 0 Å². The molecule has 3 rings (SSSR count). The first-order chi connectivity index (χ1) is 11.2. The molecule has 3 heterocycles. The third-order valence-electron chi connectivity index (χ3n) is 4.62. The predicted octanol–water partition coefficient (Wildman–Crippen LogP) is 1.96. The van der Waals surface area contributed by atoms with Crippen LogP contribution in [0.5, 0.6) is 0 Å². The van der Waals surface area contributed by atoms with Crippen molar-refractivity contribution in [3.8, 4) is 6.07 Å². The molecule has 2 aromatic rings. The van der Waals surface area contributed by atoms with Gasteiger partial charge < -0.3 is 9.47 Å². The zero-order chi connectivity index (χ0) is 16.4. The third kappa shape index (κ3) is 2.77. The van der Waals surface area contributed by atoms with Gasteiger partial charge >= 0.3 is 0 Å². The molecule has 0 spiro atoms. The number of rotatable bonds is 3. The van der Waals surface area contributed by atoms with Gasteiger partial charge in [-0.1, -0.05) is 0 Å². The van der Waals surface area contributed by atoms with Crippen molar-refractivity contribution in [3.05, 3.63) is 29.0 Å². The van der Waals surface area contributed by atoms with Crippen molar-refractivity contribution < 1.29 is 0 Å². The molecular weight excluding hydrogens is 290 g/mol. The predicted molar refractivity (Wildman–Crippen MR) is 86.1 cm³/mol. The first-order valence-electron chi connectivity index (χ1n) is 8.02. The highest BCUT2D eigenvalue weighted by atomic mass is 15.3. The molecule has 23 heavy (non-hydrogen) atoms. The SMILES string of the molecule is CCn1cnnc1C1CCCN(c2nnc(C)c(C)c2C#N)C1. The summed E-state index contributed by atoms with van der Waals surface area (Å²) in [5, 5.41) is 26.4. The summed E-state index contributed by atoms with van der Waals surface area (Å²) in [5.74, 6) is 2.02. The van der Waals surface area contributed by atoms with E-state index in [0.717, 1.165) is 49.6 Å². The van der Waals surface area contributed by atoms with E-state index in [2.05, 4.69) is 42.9 Å². The Hall–Kier alpha value is -2.49. The molecule has 1 aliphatic rings. The summed E-state index contributed by atoms with van der Waals surface area (Å²) in [6, 6.07) is 2.30. The molecule has 2 aromatic heterocycles. The first-order valence-corrected chi connectivity index (χ1v) is 8.02. The van der Waals surface area contributed by atoms with Gasteiger partial charge in [-0.3, -0.25) is 0 Å². The number of aryl methyl sites for hydroxylation is 2. The van der Waals surface area contributed by atoms with E-state index in [1.54, 1.807) is 6.33 Å². The van der Waals surface area contributed by atoms with E-state index in [4.69, 9.17) is 0 Å². The number of aromatic nitrogens is 5. The maximum Gasteiger partial charge on any atom is 0.169 e. The number of hydrogen-bond donors (Lipinski definition) is 0. The Morgan fingerprint density at radius 1 is 1.30 bits per heavy atom. The van der Waals surface area contributed by atoms with Crippen LogP contribution in [0, 0.1) is 25.2 Å². The Bertz CT molecular complexity index is 743. The smallest absolute Gasteiger partial charge is 0.169 e. The lowest BCUT2D eigenvalue weighted by Gasteiger charge is -2.33. The lowest BCUT2D eigenvalue weighted by Crippen LogP contribution is -2.36. The molecule has 0 amide bonds. The van der Waals surface area contributed by atoms with Gasteiger partial charge in [0.05, 0.1) is 5.69 Å². The van der Waals surface area contributed by atoms with E-state index in [-0.39, 0.29) is 0 Å². The zero-order valence-corrected chi connectivity index (χ0v) is 13.8. The fraction of sp³-hybridized carbons (Fsp3) is 0.562. The lowest BCUT2D eigenvalue weighted by atomic mass is 9.96. The number of nitrogens with zero attached hydrogens (tertiary/aromatic N) is 7. The maximum atomic E-state index is 9.52. The van der Waals surface area contributed by atoms with Crippen molar-refractivity contribution in [2.45, 2.75) is 46.1 Å². The van der Waals surface area contributed by atoms with Crippen LogP contribution in [-0.2, 0) is 6.54 Å². The van der Waals surface area contributed by atoms with Crippen molar-refractivity contribution in [2.75, 3.05) is 18.0 Å². The lowest BCUT2D eigenvalue weighted by molar-refractivity contribution is 0.469. The molecule has 7 nitrogen and oxygen atoms in total. The standard InChI is InChI=1S/C16H21N7/c1-4-22-10-18-20-15(22)13-6-5-7-23(9-13)16-14(8-17)11(2)12(3)19-21-16/h10,13H,4-7,9H2,1-3H3. The number of piperidine rings is 1. The van der Waals surface area contributed by atoms with Crippen molar-refractivity contribution in [1.29, 1.82) is 5.26 Å². The van der Waals surface area contributed by atoms with E-state index in [1.165, 1.54) is 0 Å². The average molecular weight is 311 g/mol. The molecule has 0 radical (unpaired) electrons. The number of nitriles is 1. The molecule has 120 valence electrons. The van der Waals surface area contributed by atoms with Crippen LogP contribution in [0.15, 0.2) is 6.33 Å². The van der Waals surface area contributed by atoms with Crippen molar-refractivity contribution in [3.63, 3.8) is 0 Å². The van der Waals surface area contributed by atoms with Crippen molar-refractivity contribution >= 4 is 5.82 Å². The number of anilines is 1. The fourth-order valence-electron chi connectivity index (χ4n) is 3.16.